The highest BCUT2D eigenvalue weighted by Crippen LogP contribution is 2.34. The van der Waals surface area contributed by atoms with Crippen molar-refractivity contribution in [3.8, 4) is 34.4 Å². The Labute approximate surface area is 132 Å². The molecule has 2 aliphatic heterocycles. The van der Waals surface area contributed by atoms with Gasteiger partial charge in [-0.05, 0) is 24.3 Å². The van der Waals surface area contributed by atoms with Gasteiger partial charge in [-0.15, -0.1) is 0 Å². The zero-order valence-corrected chi connectivity index (χ0v) is 13.1. The summed E-state index contributed by atoms with van der Waals surface area (Å²) in [6.45, 7) is 0. The van der Waals surface area contributed by atoms with Gasteiger partial charge in [0.15, 0.2) is 11.6 Å². The topological polar surface area (TPSA) is 104 Å². The summed E-state index contributed by atoms with van der Waals surface area (Å²) in [6, 6.07) is 7.86. The molecule has 0 fully saturated rings. The number of rotatable bonds is 4. The van der Waals surface area contributed by atoms with E-state index in [0.717, 1.165) is 11.0 Å². The maximum atomic E-state index is 11.2. The first-order chi connectivity index (χ1) is 10.9. The van der Waals surface area contributed by atoms with Crippen molar-refractivity contribution < 1.29 is 22.5 Å². The summed E-state index contributed by atoms with van der Waals surface area (Å²) in [6.07, 6.45) is 2.40. The number of hydrogen-bond donors (Lipinski definition) is 1. The molecule has 0 bridgehead atoms. The van der Waals surface area contributed by atoms with Gasteiger partial charge < -0.3 is 14.1 Å². The van der Waals surface area contributed by atoms with Crippen LogP contribution in [-0.2, 0) is 10.1 Å². The van der Waals surface area contributed by atoms with Crippen molar-refractivity contribution in [3.05, 3.63) is 36.5 Å². The Morgan fingerprint density at radius 3 is 2.65 bits per heavy atom. The van der Waals surface area contributed by atoms with Crippen LogP contribution in [0.15, 0.2) is 36.5 Å². The number of ether oxygens (including phenoxy) is 1. The van der Waals surface area contributed by atoms with Gasteiger partial charge in [0.25, 0.3) is 0 Å². The minimum absolute atomic E-state index is 0.126. The third-order valence-corrected chi connectivity index (χ3v) is 3.52. The van der Waals surface area contributed by atoms with Crippen LogP contribution in [0.5, 0.6) is 11.5 Å². The standard InChI is InChI=1S/C14H13N3O5S/c1-21-12-8-9(22-23(2,19)20)5-6-10(12)13-15-11-4-3-7-17(18)14(11)16-13/h3-8,18H,1-2H3. The summed E-state index contributed by atoms with van der Waals surface area (Å²) in [7, 11) is -2.19. The van der Waals surface area contributed by atoms with E-state index < -0.39 is 10.1 Å². The van der Waals surface area contributed by atoms with Gasteiger partial charge in [0.1, 0.15) is 17.2 Å². The molecule has 0 aromatic heterocycles. The smallest absolute Gasteiger partial charge is 0.306 e. The molecule has 0 radical (unpaired) electrons. The van der Waals surface area contributed by atoms with Crippen LogP contribution < -0.4 is 8.92 Å². The molecule has 1 aromatic carbocycles. The fraction of sp³-hybridized carbons (Fsp3) is 0.143. The molecular formula is C14H13N3O5S. The Kier molecular flexibility index (Phi) is 3.57. The van der Waals surface area contributed by atoms with Gasteiger partial charge in [-0.3, -0.25) is 0 Å². The summed E-state index contributed by atoms with van der Waals surface area (Å²) < 4.78 is 33.3. The fourth-order valence-corrected chi connectivity index (χ4v) is 2.57. The number of pyridine rings is 1. The van der Waals surface area contributed by atoms with Gasteiger partial charge in [0, 0.05) is 12.3 Å². The Bertz CT molecular complexity index is 935. The third-order valence-electron chi connectivity index (χ3n) is 3.03. The average molecular weight is 335 g/mol. The molecular weight excluding hydrogens is 322 g/mol. The van der Waals surface area contributed by atoms with Crippen molar-refractivity contribution >= 4 is 10.1 Å². The fourth-order valence-electron chi connectivity index (χ4n) is 2.12. The van der Waals surface area contributed by atoms with Crippen LogP contribution in [0.3, 0.4) is 0 Å². The number of fused-ring (bicyclic) bond motifs is 1. The largest absolute Gasteiger partial charge is 0.496 e. The van der Waals surface area contributed by atoms with Gasteiger partial charge in [0.05, 0.1) is 18.9 Å². The molecule has 120 valence electrons. The van der Waals surface area contributed by atoms with Crippen molar-refractivity contribution in [1.29, 1.82) is 0 Å². The van der Waals surface area contributed by atoms with E-state index in [0.29, 0.717) is 28.7 Å². The number of nitrogens with zero attached hydrogens (tertiary/aromatic N) is 3. The van der Waals surface area contributed by atoms with Crippen LogP contribution in [0.1, 0.15) is 0 Å². The van der Waals surface area contributed by atoms with E-state index in [-0.39, 0.29) is 5.75 Å². The van der Waals surface area contributed by atoms with Crippen molar-refractivity contribution in [2.45, 2.75) is 0 Å². The van der Waals surface area contributed by atoms with Crippen LogP contribution in [0.25, 0.3) is 22.9 Å². The number of imidazole rings is 1. The minimum atomic E-state index is -3.63. The zero-order valence-electron chi connectivity index (χ0n) is 12.3. The molecule has 0 unspecified atom stereocenters. The lowest BCUT2D eigenvalue weighted by atomic mass is 10.2. The van der Waals surface area contributed by atoms with E-state index in [9.17, 15) is 13.6 Å². The molecule has 23 heavy (non-hydrogen) atoms. The Hall–Kier alpha value is -2.81. The first kappa shape index (κ1) is 15.1. The van der Waals surface area contributed by atoms with E-state index in [1.54, 1.807) is 18.2 Å². The molecule has 0 amide bonds. The third kappa shape index (κ3) is 3.04. The molecule has 3 rings (SSSR count). The normalized spacial score (nSPS) is 11.6. The van der Waals surface area contributed by atoms with E-state index in [2.05, 4.69) is 9.97 Å². The quantitative estimate of drug-likeness (QED) is 0.571. The Morgan fingerprint density at radius 1 is 1.22 bits per heavy atom. The lowest BCUT2D eigenvalue weighted by Gasteiger charge is -2.08. The van der Waals surface area contributed by atoms with E-state index in [1.807, 2.05) is 0 Å². The maximum Gasteiger partial charge on any atom is 0.306 e. The van der Waals surface area contributed by atoms with Gasteiger partial charge in [-0.25, -0.2) is 9.97 Å². The summed E-state index contributed by atoms with van der Waals surface area (Å²) in [5.74, 6) is 1.13. The van der Waals surface area contributed by atoms with Crippen molar-refractivity contribution in [2.75, 3.05) is 13.4 Å². The van der Waals surface area contributed by atoms with Gasteiger partial charge in [-0.2, -0.15) is 13.1 Å². The highest BCUT2D eigenvalue weighted by atomic mass is 32.2. The van der Waals surface area contributed by atoms with Crippen molar-refractivity contribution in [1.82, 2.24) is 14.7 Å². The highest BCUT2D eigenvalue weighted by Gasteiger charge is 2.18. The van der Waals surface area contributed by atoms with Crippen molar-refractivity contribution in [2.24, 2.45) is 0 Å². The first-order valence-corrected chi connectivity index (χ1v) is 8.31. The molecule has 0 spiro atoms. The lowest BCUT2D eigenvalue weighted by Crippen LogP contribution is -2.05. The van der Waals surface area contributed by atoms with Crippen LogP contribution in [0.2, 0.25) is 0 Å². The molecule has 0 saturated heterocycles. The predicted octanol–water partition coefficient (Wildman–Crippen LogP) is 1.63. The molecule has 0 aliphatic carbocycles. The summed E-state index contributed by atoms with van der Waals surface area (Å²) >= 11 is 0. The van der Waals surface area contributed by atoms with Crippen LogP contribution in [0.4, 0.5) is 0 Å². The molecule has 1 N–H and O–H groups in total. The zero-order chi connectivity index (χ0) is 16.6. The van der Waals surface area contributed by atoms with E-state index in [1.165, 1.54) is 25.4 Å². The maximum absolute atomic E-state index is 11.2. The van der Waals surface area contributed by atoms with Crippen LogP contribution in [-0.4, -0.2) is 41.7 Å². The summed E-state index contributed by atoms with van der Waals surface area (Å²) in [5.41, 5.74) is 1.06. The second-order valence-corrected chi connectivity index (χ2v) is 6.33. The van der Waals surface area contributed by atoms with Gasteiger partial charge in [-0.1, -0.05) is 0 Å². The second kappa shape index (κ2) is 5.43. The Balaban J connectivity index is 2.08. The van der Waals surface area contributed by atoms with Gasteiger partial charge in [0.2, 0.25) is 0 Å². The van der Waals surface area contributed by atoms with Gasteiger partial charge >= 0.3 is 10.1 Å². The molecule has 0 atom stereocenters. The molecule has 2 aliphatic rings. The van der Waals surface area contributed by atoms with E-state index >= 15 is 0 Å². The second-order valence-electron chi connectivity index (χ2n) is 4.76. The number of hydrogen-bond acceptors (Lipinski definition) is 7. The summed E-state index contributed by atoms with van der Waals surface area (Å²) in [5, 5.41) is 9.73. The first-order valence-electron chi connectivity index (χ1n) is 6.49. The van der Waals surface area contributed by atoms with E-state index in [4.69, 9.17) is 8.92 Å². The average Bonchev–Trinajstić information content (AvgIpc) is 2.90. The number of aromatic nitrogens is 3. The van der Waals surface area contributed by atoms with Crippen molar-refractivity contribution in [3.63, 3.8) is 0 Å². The molecule has 2 heterocycles. The highest BCUT2D eigenvalue weighted by molar-refractivity contribution is 7.86. The monoisotopic (exact) mass is 335 g/mol. The van der Waals surface area contributed by atoms with Crippen LogP contribution >= 0.6 is 0 Å². The molecule has 9 heteroatoms. The Morgan fingerprint density at radius 2 is 2.00 bits per heavy atom. The molecule has 0 saturated carbocycles. The number of methoxy groups -OCH3 is 1. The molecule has 8 nitrogen and oxygen atoms in total. The predicted molar refractivity (Wildman–Crippen MR) is 81.3 cm³/mol. The SMILES string of the molecule is COc1cc(OS(C)(=O)=O)ccc1-c1nc2cccn(O)c-2n1. The summed E-state index contributed by atoms with van der Waals surface area (Å²) in [4.78, 5) is 8.58. The number of benzene rings is 1. The lowest BCUT2D eigenvalue weighted by molar-refractivity contribution is 0.186. The minimum Gasteiger partial charge on any atom is -0.496 e. The molecule has 1 aromatic rings. The van der Waals surface area contributed by atoms with Crippen LogP contribution in [0, 0.1) is 0 Å².